The minimum Gasteiger partial charge on any atom is -0.508 e. The van der Waals surface area contributed by atoms with E-state index in [4.69, 9.17) is 11.6 Å². The zero-order valence-corrected chi connectivity index (χ0v) is 27.4. The zero-order valence-electron chi connectivity index (χ0n) is 26.6. The van der Waals surface area contributed by atoms with Crippen molar-refractivity contribution in [2.45, 2.75) is 24.2 Å². The summed E-state index contributed by atoms with van der Waals surface area (Å²) in [6.45, 7) is 0. The Labute approximate surface area is 295 Å². The molecule has 2 heterocycles. The second-order valence-corrected chi connectivity index (χ2v) is 13.7. The first-order valence-electron chi connectivity index (χ1n) is 16.3. The van der Waals surface area contributed by atoms with Crippen molar-refractivity contribution in [1.82, 2.24) is 5.01 Å². The van der Waals surface area contributed by atoms with Crippen LogP contribution in [0.2, 0.25) is 5.02 Å². The molecule has 0 spiro atoms. The molecule has 4 aliphatic rings. The van der Waals surface area contributed by atoms with E-state index >= 15 is 4.79 Å². The molecule has 4 aromatic carbocycles. The summed E-state index contributed by atoms with van der Waals surface area (Å²) >= 11 is 6.31. The number of non-ortho nitro benzene ring substituents is 1. The van der Waals surface area contributed by atoms with Gasteiger partial charge in [0, 0.05) is 23.1 Å². The Morgan fingerprint density at radius 2 is 1.59 bits per heavy atom. The SMILES string of the molecule is O=C1C2CC3C(=CCC4C(=O)N(c5cccc([N+](=O)[O-])c5)C(=O)C43)C(c3ccc(O)cc3)C2(c2ccc(Cl)cc2)C(=O)N1Nc1ccc(F)cc1. The van der Waals surface area contributed by atoms with Crippen LogP contribution in [0.25, 0.3) is 0 Å². The number of phenols is 1. The number of benzene rings is 4. The topological polar surface area (TPSA) is 150 Å². The normalized spacial score (nSPS) is 26.8. The molecule has 51 heavy (non-hydrogen) atoms. The van der Waals surface area contributed by atoms with Gasteiger partial charge in [0.1, 0.15) is 11.6 Å². The van der Waals surface area contributed by atoms with E-state index in [1.807, 2.05) is 6.08 Å². The monoisotopic (exact) mass is 706 g/mol. The third-order valence-electron chi connectivity index (χ3n) is 10.8. The number of nitrogens with one attached hydrogen (secondary N) is 1. The summed E-state index contributed by atoms with van der Waals surface area (Å²) < 4.78 is 13.8. The molecule has 1 saturated carbocycles. The van der Waals surface area contributed by atoms with Gasteiger partial charge in [-0.15, -0.1) is 0 Å². The standard InChI is InChI=1S/C38H28ClFN4O7/c39-22-8-6-21(7-9-22)38-31(35(47)43(37(38)49)41-24-12-10-23(40)11-13-24)19-30-28(33(38)20-4-14-27(45)15-5-20)16-17-29-32(30)36(48)42(34(29)46)25-2-1-3-26(18-25)44(50)51/h1-16,18,29-33,41,45H,17,19H2. The maximum Gasteiger partial charge on any atom is 0.271 e. The molecule has 2 N–H and O–H groups in total. The quantitative estimate of drug-likeness (QED) is 0.103. The molecule has 2 aliphatic carbocycles. The molecule has 0 bridgehead atoms. The first-order valence-corrected chi connectivity index (χ1v) is 16.7. The lowest BCUT2D eigenvalue weighted by molar-refractivity contribution is -0.384. The first kappa shape index (κ1) is 32.3. The van der Waals surface area contributed by atoms with Gasteiger partial charge in [-0.25, -0.2) is 9.29 Å². The molecule has 256 valence electrons. The maximum absolute atomic E-state index is 15.1. The van der Waals surface area contributed by atoms with Gasteiger partial charge in [-0.05, 0) is 84.5 Å². The molecule has 4 aromatic rings. The third-order valence-corrected chi connectivity index (χ3v) is 11.0. The van der Waals surface area contributed by atoms with E-state index in [2.05, 4.69) is 5.43 Å². The molecule has 0 radical (unpaired) electrons. The number of halogens is 2. The Morgan fingerprint density at radius 3 is 2.27 bits per heavy atom. The average Bonchev–Trinajstić information content (AvgIpc) is 3.50. The molecule has 0 aromatic heterocycles. The van der Waals surface area contributed by atoms with Crippen molar-refractivity contribution in [2.75, 3.05) is 10.3 Å². The molecule has 6 atom stereocenters. The number of carbonyl (C=O) groups is 4. The Kier molecular flexibility index (Phi) is 7.53. The van der Waals surface area contributed by atoms with Crippen molar-refractivity contribution >= 4 is 52.3 Å². The van der Waals surface area contributed by atoms with Crippen LogP contribution in [0.4, 0.5) is 21.5 Å². The number of anilines is 2. The molecule has 2 aliphatic heterocycles. The van der Waals surface area contributed by atoms with E-state index in [9.17, 15) is 34.0 Å². The van der Waals surface area contributed by atoms with Crippen LogP contribution in [-0.4, -0.2) is 38.7 Å². The molecule has 3 fully saturated rings. The number of nitro benzene ring substituents is 1. The summed E-state index contributed by atoms with van der Waals surface area (Å²) in [5, 5.41) is 23.2. The van der Waals surface area contributed by atoms with Crippen LogP contribution in [0, 0.1) is 39.6 Å². The van der Waals surface area contributed by atoms with Crippen molar-refractivity contribution in [3.05, 3.63) is 141 Å². The van der Waals surface area contributed by atoms with Crippen LogP contribution in [0.15, 0.2) is 109 Å². The van der Waals surface area contributed by atoms with Crippen LogP contribution in [0.5, 0.6) is 5.75 Å². The highest BCUT2D eigenvalue weighted by molar-refractivity contribution is 6.30. The van der Waals surface area contributed by atoms with Crippen molar-refractivity contribution in [2.24, 2.45) is 23.7 Å². The van der Waals surface area contributed by atoms with Gasteiger partial charge in [0.05, 0.1) is 39.5 Å². The lowest BCUT2D eigenvalue weighted by atomic mass is 9.49. The summed E-state index contributed by atoms with van der Waals surface area (Å²) in [7, 11) is 0. The Balaban J connectivity index is 1.30. The molecule has 2 saturated heterocycles. The van der Waals surface area contributed by atoms with Crippen molar-refractivity contribution in [1.29, 1.82) is 0 Å². The van der Waals surface area contributed by atoms with E-state index in [-0.39, 0.29) is 30.0 Å². The molecule has 4 amide bonds. The second-order valence-electron chi connectivity index (χ2n) is 13.3. The predicted octanol–water partition coefficient (Wildman–Crippen LogP) is 6.28. The van der Waals surface area contributed by atoms with E-state index in [1.54, 1.807) is 36.4 Å². The second kappa shape index (κ2) is 11.9. The summed E-state index contributed by atoms with van der Waals surface area (Å²) in [4.78, 5) is 70.0. The summed E-state index contributed by atoms with van der Waals surface area (Å²) in [5.41, 5.74) is 3.23. The Morgan fingerprint density at radius 1 is 0.882 bits per heavy atom. The number of hydrazine groups is 1. The molecule has 8 rings (SSSR count). The van der Waals surface area contributed by atoms with E-state index in [0.29, 0.717) is 27.4 Å². The van der Waals surface area contributed by atoms with Crippen LogP contribution in [-0.2, 0) is 24.6 Å². The summed E-state index contributed by atoms with van der Waals surface area (Å²) in [6, 6.07) is 23.6. The highest BCUT2D eigenvalue weighted by atomic mass is 35.5. The van der Waals surface area contributed by atoms with Crippen molar-refractivity contribution in [3.63, 3.8) is 0 Å². The predicted molar refractivity (Wildman–Crippen MR) is 183 cm³/mol. The van der Waals surface area contributed by atoms with Crippen molar-refractivity contribution < 1.29 is 33.6 Å². The van der Waals surface area contributed by atoms with E-state index in [1.165, 1.54) is 60.7 Å². The van der Waals surface area contributed by atoms with Crippen LogP contribution < -0.4 is 10.3 Å². The largest absolute Gasteiger partial charge is 0.508 e. The number of hydrogen-bond acceptors (Lipinski definition) is 8. The first-order chi connectivity index (χ1) is 24.5. The maximum atomic E-state index is 15.1. The van der Waals surface area contributed by atoms with Gasteiger partial charge in [-0.3, -0.25) is 34.7 Å². The fourth-order valence-electron chi connectivity index (χ4n) is 8.70. The number of nitro groups is 1. The van der Waals surface area contributed by atoms with E-state index < -0.39 is 69.4 Å². The van der Waals surface area contributed by atoms with Crippen LogP contribution in [0.3, 0.4) is 0 Å². The number of carbonyl (C=O) groups excluding carboxylic acids is 4. The fraction of sp³-hybridized carbons (Fsp3) is 0.211. The van der Waals surface area contributed by atoms with Gasteiger partial charge in [-0.2, -0.15) is 5.01 Å². The molecule has 13 heteroatoms. The van der Waals surface area contributed by atoms with Gasteiger partial charge in [0.15, 0.2) is 0 Å². The van der Waals surface area contributed by atoms with Crippen molar-refractivity contribution in [3.8, 4) is 5.75 Å². The van der Waals surface area contributed by atoms with Gasteiger partial charge in [0.2, 0.25) is 11.8 Å². The lowest BCUT2D eigenvalue weighted by Gasteiger charge is -2.50. The fourth-order valence-corrected chi connectivity index (χ4v) is 8.82. The number of hydrogen-bond donors (Lipinski definition) is 2. The smallest absolute Gasteiger partial charge is 0.271 e. The van der Waals surface area contributed by atoms with Gasteiger partial charge < -0.3 is 5.11 Å². The number of amides is 4. The molecular weight excluding hydrogens is 679 g/mol. The van der Waals surface area contributed by atoms with Gasteiger partial charge >= 0.3 is 0 Å². The number of allylic oxidation sites excluding steroid dienone is 2. The average molecular weight is 707 g/mol. The number of rotatable bonds is 6. The number of fused-ring (bicyclic) bond motifs is 4. The number of phenolic OH excluding ortho intramolecular Hbond substituents is 1. The summed E-state index contributed by atoms with van der Waals surface area (Å²) in [6.07, 6.45) is 2.06. The molecule has 11 nitrogen and oxygen atoms in total. The minimum atomic E-state index is -1.56. The van der Waals surface area contributed by atoms with Gasteiger partial charge in [-0.1, -0.05) is 53.6 Å². The lowest BCUT2D eigenvalue weighted by Crippen LogP contribution is -2.53. The number of nitrogens with zero attached hydrogens (tertiary/aromatic N) is 3. The summed E-state index contributed by atoms with van der Waals surface area (Å²) in [5.74, 6) is -6.96. The van der Waals surface area contributed by atoms with Gasteiger partial charge in [0.25, 0.3) is 17.5 Å². The Bertz CT molecular complexity index is 2180. The Hall–Kier alpha value is -5.88. The highest BCUT2D eigenvalue weighted by Crippen LogP contribution is 2.64. The zero-order chi connectivity index (χ0) is 35.8. The van der Waals surface area contributed by atoms with Crippen LogP contribution in [0.1, 0.15) is 29.9 Å². The highest BCUT2D eigenvalue weighted by Gasteiger charge is 2.70. The van der Waals surface area contributed by atoms with Crippen LogP contribution >= 0.6 is 11.6 Å². The molecular formula is C38H28ClFN4O7. The molecule has 6 unspecified atom stereocenters. The number of imide groups is 2. The minimum absolute atomic E-state index is 0.0153. The number of aromatic hydroxyl groups is 1. The van der Waals surface area contributed by atoms with E-state index in [0.717, 1.165) is 9.91 Å². The third kappa shape index (κ3) is 4.84.